The van der Waals surface area contributed by atoms with Gasteiger partial charge < -0.3 is 9.42 Å². The number of rotatable bonds is 2. The molecule has 3 heterocycles. The number of nitrogens with zero attached hydrogens (tertiary/aromatic N) is 6. The van der Waals surface area contributed by atoms with Crippen molar-refractivity contribution in [3.63, 3.8) is 0 Å². The molecule has 1 saturated heterocycles. The molecule has 1 aliphatic heterocycles. The van der Waals surface area contributed by atoms with Gasteiger partial charge in [0.25, 0.3) is 0 Å². The van der Waals surface area contributed by atoms with Gasteiger partial charge in [-0.15, -0.1) is 0 Å². The Hall–Kier alpha value is -2.02. The van der Waals surface area contributed by atoms with Crippen molar-refractivity contribution in [2.45, 2.75) is 13.0 Å². The molecular formula is C12H16N6O. The Morgan fingerprint density at radius 3 is 2.89 bits per heavy atom. The zero-order valence-corrected chi connectivity index (χ0v) is 11.0. The van der Waals surface area contributed by atoms with Crippen molar-refractivity contribution in [2.24, 2.45) is 0 Å². The summed E-state index contributed by atoms with van der Waals surface area (Å²) in [6, 6.07) is 0.0944. The molecule has 1 fully saturated rings. The maximum Gasteiger partial charge on any atom is 0.245 e. The third-order valence-corrected chi connectivity index (χ3v) is 3.35. The van der Waals surface area contributed by atoms with Crippen LogP contribution in [0.15, 0.2) is 23.1 Å². The third kappa shape index (κ3) is 2.41. The van der Waals surface area contributed by atoms with Gasteiger partial charge in [-0.1, -0.05) is 5.16 Å². The number of hydrogen-bond donors (Lipinski definition) is 0. The van der Waals surface area contributed by atoms with Crippen LogP contribution in [-0.4, -0.2) is 51.7 Å². The molecule has 19 heavy (non-hydrogen) atoms. The minimum Gasteiger partial charge on any atom is -0.352 e. The Kier molecular flexibility index (Phi) is 3.12. The number of piperazine rings is 1. The van der Waals surface area contributed by atoms with Crippen LogP contribution in [0.2, 0.25) is 0 Å². The number of anilines is 1. The van der Waals surface area contributed by atoms with Crippen LogP contribution in [0.25, 0.3) is 0 Å². The van der Waals surface area contributed by atoms with Crippen LogP contribution in [0.3, 0.4) is 0 Å². The minimum absolute atomic E-state index is 0.0944. The molecule has 0 amide bonds. The summed E-state index contributed by atoms with van der Waals surface area (Å²) in [7, 11) is 2.07. The first-order chi connectivity index (χ1) is 9.24. The molecule has 3 rings (SSSR count). The Morgan fingerprint density at radius 2 is 2.21 bits per heavy atom. The van der Waals surface area contributed by atoms with Gasteiger partial charge in [0.1, 0.15) is 11.9 Å². The van der Waals surface area contributed by atoms with Crippen molar-refractivity contribution in [1.82, 2.24) is 25.0 Å². The predicted octanol–water partition coefficient (Wildman–Crippen LogP) is 0.661. The molecule has 0 aromatic carbocycles. The van der Waals surface area contributed by atoms with Gasteiger partial charge in [-0.3, -0.25) is 9.88 Å². The lowest BCUT2D eigenvalue weighted by Gasteiger charge is -2.37. The number of aromatic nitrogens is 4. The Morgan fingerprint density at radius 1 is 1.32 bits per heavy atom. The molecule has 0 bridgehead atoms. The fraction of sp³-hybridized carbons (Fsp3) is 0.500. The standard InChI is InChI=1S/C12H16N6O/c1-9-15-12(19-16-9)10-8-18(6-5-17(10)2)11-7-13-3-4-14-11/h3-4,7,10H,5-6,8H2,1-2H3. The van der Waals surface area contributed by atoms with Crippen LogP contribution in [0, 0.1) is 6.92 Å². The Balaban J connectivity index is 1.81. The van der Waals surface area contributed by atoms with Gasteiger partial charge in [0.05, 0.1) is 6.20 Å². The van der Waals surface area contributed by atoms with Gasteiger partial charge in [0.2, 0.25) is 5.89 Å². The largest absolute Gasteiger partial charge is 0.352 e. The second-order valence-electron chi connectivity index (χ2n) is 4.69. The van der Waals surface area contributed by atoms with Crippen LogP contribution in [-0.2, 0) is 0 Å². The van der Waals surface area contributed by atoms with E-state index in [9.17, 15) is 0 Å². The van der Waals surface area contributed by atoms with Crippen molar-refractivity contribution in [3.8, 4) is 0 Å². The zero-order valence-electron chi connectivity index (χ0n) is 11.0. The zero-order chi connectivity index (χ0) is 13.2. The molecule has 0 saturated carbocycles. The summed E-state index contributed by atoms with van der Waals surface area (Å²) in [5, 5.41) is 3.86. The van der Waals surface area contributed by atoms with Crippen LogP contribution < -0.4 is 4.90 Å². The van der Waals surface area contributed by atoms with E-state index in [0.29, 0.717) is 11.7 Å². The molecule has 1 aliphatic rings. The maximum atomic E-state index is 5.29. The van der Waals surface area contributed by atoms with Gasteiger partial charge in [-0.25, -0.2) is 4.98 Å². The molecule has 0 aliphatic carbocycles. The second-order valence-corrected chi connectivity index (χ2v) is 4.69. The Labute approximate surface area is 111 Å². The summed E-state index contributed by atoms with van der Waals surface area (Å²) in [5.41, 5.74) is 0. The summed E-state index contributed by atoms with van der Waals surface area (Å²) >= 11 is 0. The normalized spacial score (nSPS) is 20.7. The minimum atomic E-state index is 0.0944. The number of likely N-dealkylation sites (N-methyl/N-ethyl adjacent to an activating group) is 1. The van der Waals surface area contributed by atoms with Crippen LogP contribution in [0.5, 0.6) is 0 Å². The summed E-state index contributed by atoms with van der Waals surface area (Å²) in [6.45, 7) is 4.44. The highest BCUT2D eigenvalue weighted by molar-refractivity contribution is 5.36. The van der Waals surface area contributed by atoms with Crippen molar-refractivity contribution < 1.29 is 4.52 Å². The lowest BCUT2D eigenvalue weighted by Crippen LogP contribution is -2.47. The molecule has 0 radical (unpaired) electrons. The molecule has 2 aromatic rings. The van der Waals surface area contributed by atoms with E-state index in [1.807, 2.05) is 6.92 Å². The van der Waals surface area contributed by atoms with E-state index in [4.69, 9.17) is 4.52 Å². The average molecular weight is 260 g/mol. The van der Waals surface area contributed by atoms with Gasteiger partial charge in [-0.2, -0.15) is 4.98 Å². The molecule has 7 heteroatoms. The van der Waals surface area contributed by atoms with Crippen LogP contribution >= 0.6 is 0 Å². The van der Waals surface area contributed by atoms with Crippen LogP contribution in [0.1, 0.15) is 17.8 Å². The van der Waals surface area contributed by atoms with E-state index >= 15 is 0 Å². The molecular weight excluding hydrogens is 244 g/mol. The van der Waals surface area contributed by atoms with Crippen molar-refractivity contribution in [3.05, 3.63) is 30.3 Å². The average Bonchev–Trinajstić information content (AvgIpc) is 2.87. The molecule has 2 aromatic heterocycles. The first-order valence-corrected chi connectivity index (χ1v) is 6.25. The van der Waals surface area contributed by atoms with E-state index in [2.05, 4.69) is 37.0 Å². The maximum absolute atomic E-state index is 5.29. The third-order valence-electron chi connectivity index (χ3n) is 3.35. The number of aryl methyl sites for hydroxylation is 1. The first-order valence-electron chi connectivity index (χ1n) is 6.25. The first kappa shape index (κ1) is 12.0. The second kappa shape index (κ2) is 4.93. The summed E-state index contributed by atoms with van der Waals surface area (Å²) < 4.78 is 5.29. The highest BCUT2D eigenvalue weighted by Crippen LogP contribution is 2.24. The van der Waals surface area contributed by atoms with Gasteiger partial charge in [0.15, 0.2) is 5.82 Å². The van der Waals surface area contributed by atoms with Gasteiger partial charge >= 0.3 is 0 Å². The topological polar surface area (TPSA) is 71.2 Å². The highest BCUT2D eigenvalue weighted by Gasteiger charge is 2.30. The van der Waals surface area contributed by atoms with E-state index in [1.165, 1.54) is 0 Å². The molecule has 0 spiro atoms. The molecule has 7 nitrogen and oxygen atoms in total. The summed E-state index contributed by atoms with van der Waals surface area (Å²) in [5.74, 6) is 2.21. The van der Waals surface area contributed by atoms with Gasteiger partial charge in [0, 0.05) is 32.0 Å². The van der Waals surface area contributed by atoms with Crippen molar-refractivity contribution >= 4 is 5.82 Å². The van der Waals surface area contributed by atoms with E-state index in [1.54, 1.807) is 18.6 Å². The van der Waals surface area contributed by atoms with Crippen molar-refractivity contribution in [1.29, 1.82) is 0 Å². The van der Waals surface area contributed by atoms with Crippen LogP contribution in [0.4, 0.5) is 5.82 Å². The monoisotopic (exact) mass is 260 g/mol. The summed E-state index contributed by atoms with van der Waals surface area (Å²) in [6.07, 6.45) is 5.17. The smallest absolute Gasteiger partial charge is 0.245 e. The van der Waals surface area contributed by atoms with E-state index < -0.39 is 0 Å². The molecule has 0 N–H and O–H groups in total. The molecule has 1 unspecified atom stereocenters. The predicted molar refractivity (Wildman–Crippen MR) is 68.7 cm³/mol. The van der Waals surface area contributed by atoms with Gasteiger partial charge in [-0.05, 0) is 14.0 Å². The number of hydrogen-bond acceptors (Lipinski definition) is 7. The Bertz CT molecular complexity index is 542. The van der Waals surface area contributed by atoms with E-state index in [0.717, 1.165) is 25.5 Å². The fourth-order valence-corrected chi connectivity index (χ4v) is 2.25. The SMILES string of the molecule is Cc1noc(C2CN(c3cnccn3)CCN2C)n1. The fourth-order valence-electron chi connectivity index (χ4n) is 2.25. The van der Waals surface area contributed by atoms with Crippen molar-refractivity contribution in [2.75, 3.05) is 31.6 Å². The van der Waals surface area contributed by atoms with E-state index in [-0.39, 0.29) is 6.04 Å². The molecule has 100 valence electrons. The summed E-state index contributed by atoms with van der Waals surface area (Å²) in [4.78, 5) is 17.2. The quantitative estimate of drug-likeness (QED) is 0.785. The molecule has 1 atom stereocenters. The highest BCUT2D eigenvalue weighted by atomic mass is 16.5. The lowest BCUT2D eigenvalue weighted by atomic mass is 10.2. The lowest BCUT2D eigenvalue weighted by molar-refractivity contribution is 0.177.